The number of hydrogen-bond acceptors (Lipinski definition) is 7. The van der Waals surface area contributed by atoms with Crippen molar-refractivity contribution < 1.29 is 32.4 Å². The van der Waals surface area contributed by atoms with Gasteiger partial charge in [-0.25, -0.2) is 4.79 Å². The average molecular weight is 530 g/mol. The lowest BCUT2D eigenvalue weighted by molar-refractivity contribution is -0.133. The Morgan fingerprint density at radius 3 is 2.43 bits per heavy atom. The first-order valence-electron chi connectivity index (χ1n) is 12.0. The van der Waals surface area contributed by atoms with Crippen molar-refractivity contribution in [3.05, 3.63) is 59.7 Å². The maximum absolute atomic E-state index is 12.6. The van der Waals surface area contributed by atoms with Gasteiger partial charge in [-0.1, -0.05) is 17.7 Å². The molecule has 3 atom stereocenters. The van der Waals surface area contributed by atoms with Gasteiger partial charge in [0.05, 0.1) is 29.2 Å². The second-order valence-corrected chi connectivity index (χ2v) is 10.6. The van der Waals surface area contributed by atoms with Crippen LogP contribution in [-0.4, -0.2) is 66.6 Å². The van der Waals surface area contributed by atoms with Gasteiger partial charge in [0.15, 0.2) is 0 Å². The largest absolute Gasteiger partial charge is 0.494 e. The van der Waals surface area contributed by atoms with Crippen molar-refractivity contribution in [3.63, 3.8) is 0 Å². The molecular formula is C26H31N3O7S. The number of hydrogen-bond donors (Lipinski definition) is 3. The lowest BCUT2D eigenvalue weighted by Gasteiger charge is -2.23. The Labute approximate surface area is 216 Å². The van der Waals surface area contributed by atoms with Crippen molar-refractivity contribution in [2.75, 3.05) is 19.7 Å². The number of carbonyl (C=O) groups is 2. The fraction of sp³-hybridized carbons (Fsp3) is 0.423. The van der Waals surface area contributed by atoms with Crippen LogP contribution in [0.3, 0.4) is 0 Å². The number of benzene rings is 2. The number of nitriles is 1. The topological polar surface area (TPSA) is 157 Å². The van der Waals surface area contributed by atoms with E-state index in [1.807, 2.05) is 6.92 Å². The number of nitrogens with one attached hydrogen (secondary N) is 1. The summed E-state index contributed by atoms with van der Waals surface area (Å²) in [6.45, 7) is 3.80. The van der Waals surface area contributed by atoms with Gasteiger partial charge in [-0.15, -0.1) is 0 Å². The van der Waals surface area contributed by atoms with Crippen LogP contribution in [0.15, 0.2) is 53.4 Å². The normalized spacial score (nSPS) is 21.0. The highest BCUT2D eigenvalue weighted by Gasteiger charge is 2.36. The van der Waals surface area contributed by atoms with Crippen LogP contribution in [0.25, 0.3) is 0 Å². The standard InChI is InChI=1S/C19H23N3O4.C7H8O3S/c20-11-15-2-1-8-22(15)18(23)17-10-13(12-21-17)7-9-26-16-5-3-14(4-6-16)19(24)25;1-6-2-4-7(5-3-6)11(8,9)10/h3-6,13,15,17,21H,1-2,7-10,12H2,(H,24,25);2-5H,1H3,(H,8,9,10)/t13-,15-,17-;/m0./s1. The Bertz CT molecular complexity index is 1220. The van der Waals surface area contributed by atoms with Crippen molar-refractivity contribution in [3.8, 4) is 11.8 Å². The first-order valence-corrected chi connectivity index (χ1v) is 13.5. The van der Waals surface area contributed by atoms with E-state index in [9.17, 15) is 18.0 Å². The fourth-order valence-electron chi connectivity index (χ4n) is 4.33. The molecule has 10 nitrogen and oxygen atoms in total. The maximum Gasteiger partial charge on any atom is 0.335 e. The van der Waals surface area contributed by atoms with Crippen molar-refractivity contribution in [2.45, 2.75) is 49.6 Å². The fourth-order valence-corrected chi connectivity index (χ4v) is 4.81. The van der Waals surface area contributed by atoms with E-state index < -0.39 is 16.1 Å². The maximum atomic E-state index is 12.6. The quantitative estimate of drug-likeness (QED) is 0.459. The number of amides is 1. The molecular weight excluding hydrogens is 498 g/mol. The summed E-state index contributed by atoms with van der Waals surface area (Å²) >= 11 is 0. The van der Waals surface area contributed by atoms with Crippen LogP contribution >= 0.6 is 0 Å². The zero-order valence-corrected chi connectivity index (χ0v) is 21.4. The minimum Gasteiger partial charge on any atom is -0.494 e. The van der Waals surface area contributed by atoms with Crippen LogP contribution in [0.4, 0.5) is 0 Å². The van der Waals surface area contributed by atoms with Gasteiger partial charge >= 0.3 is 5.97 Å². The minimum absolute atomic E-state index is 0.0433. The Hall–Kier alpha value is -3.46. The number of rotatable bonds is 7. The molecule has 0 radical (unpaired) electrons. The number of carboxylic acids is 1. The van der Waals surface area contributed by atoms with E-state index in [2.05, 4.69) is 11.4 Å². The van der Waals surface area contributed by atoms with Gasteiger partial charge < -0.3 is 20.1 Å². The van der Waals surface area contributed by atoms with E-state index in [4.69, 9.17) is 19.7 Å². The van der Waals surface area contributed by atoms with Crippen molar-refractivity contribution in [2.24, 2.45) is 5.92 Å². The molecule has 37 heavy (non-hydrogen) atoms. The van der Waals surface area contributed by atoms with E-state index in [-0.39, 0.29) is 28.4 Å². The highest BCUT2D eigenvalue weighted by atomic mass is 32.2. The lowest BCUT2D eigenvalue weighted by Crippen LogP contribution is -2.45. The summed E-state index contributed by atoms with van der Waals surface area (Å²) in [5, 5.41) is 21.3. The second kappa shape index (κ2) is 12.7. The molecule has 2 fully saturated rings. The van der Waals surface area contributed by atoms with Gasteiger partial charge in [-0.2, -0.15) is 13.7 Å². The zero-order chi connectivity index (χ0) is 27.0. The number of likely N-dealkylation sites (tertiary alicyclic amines) is 1. The number of carboxylic acid groups (broad SMARTS) is 1. The Kier molecular flexibility index (Phi) is 9.63. The van der Waals surface area contributed by atoms with E-state index in [1.165, 1.54) is 24.3 Å². The molecule has 2 aliphatic rings. The molecule has 0 spiro atoms. The van der Waals surface area contributed by atoms with Gasteiger partial charge in [-0.05, 0) is 81.5 Å². The van der Waals surface area contributed by atoms with Gasteiger partial charge in [-0.3, -0.25) is 9.35 Å². The van der Waals surface area contributed by atoms with Crippen molar-refractivity contribution >= 4 is 22.0 Å². The molecule has 2 aromatic carbocycles. The molecule has 2 saturated heterocycles. The molecule has 0 unspecified atom stereocenters. The van der Waals surface area contributed by atoms with E-state index >= 15 is 0 Å². The third-order valence-corrected chi connectivity index (χ3v) is 7.29. The van der Waals surface area contributed by atoms with Gasteiger partial charge in [0.25, 0.3) is 10.1 Å². The van der Waals surface area contributed by atoms with Gasteiger partial charge in [0.2, 0.25) is 5.91 Å². The zero-order valence-electron chi connectivity index (χ0n) is 20.5. The Morgan fingerprint density at radius 1 is 1.16 bits per heavy atom. The van der Waals surface area contributed by atoms with Gasteiger partial charge in [0, 0.05) is 6.54 Å². The molecule has 1 amide bonds. The molecule has 0 aromatic heterocycles. The first-order chi connectivity index (χ1) is 17.6. The SMILES string of the molecule is Cc1ccc(S(=O)(=O)O)cc1.N#C[C@@H]1CCCN1C(=O)[C@@H]1C[C@H](CCOc2ccc(C(=O)O)cc2)CN1. The predicted octanol–water partition coefficient (Wildman–Crippen LogP) is 2.89. The number of ether oxygens (including phenoxy) is 1. The van der Waals surface area contributed by atoms with Crippen LogP contribution < -0.4 is 10.1 Å². The highest BCUT2D eigenvalue weighted by Crippen LogP contribution is 2.24. The predicted molar refractivity (Wildman–Crippen MR) is 135 cm³/mol. The van der Waals surface area contributed by atoms with Crippen LogP contribution in [0.1, 0.15) is 41.6 Å². The second-order valence-electron chi connectivity index (χ2n) is 9.14. The Morgan fingerprint density at radius 2 is 1.84 bits per heavy atom. The summed E-state index contributed by atoms with van der Waals surface area (Å²) in [7, 11) is -4.02. The number of aromatic carboxylic acids is 1. The lowest BCUT2D eigenvalue weighted by atomic mass is 10.0. The number of aryl methyl sites for hydroxylation is 1. The highest BCUT2D eigenvalue weighted by molar-refractivity contribution is 7.85. The molecule has 4 rings (SSSR count). The average Bonchev–Trinajstić information content (AvgIpc) is 3.54. The summed E-state index contributed by atoms with van der Waals surface area (Å²) in [5.74, 6) is 0.0792. The van der Waals surface area contributed by atoms with Crippen LogP contribution in [0.5, 0.6) is 5.75 Å². The molecule has 11 heteroatoms. The molecule has 3 N–H and O–H groups in total. The van der Waals surface area contributed by atoms with Crippen LogP contribution in [0.2, 0.25) is 0 Å². The van der Waals surface area contributed by atoms with E-state index in [1.54, 1.807) is 29.2 Å². The van der Waals surface area contributed by atoms with Crippen LogP contribution in [-0.2, 0) is 14.9 Å². The summed E-state index contributed by atoms with van der Waals surface area (Å²) < 4.78 is 35.2. The van der Waals surface area contributed by atoms with Crippen LogP contribution in [0, 0.1) is 24.2 Å². The molecule has 0 saturated carbocycles. The summed E-state index contributed by atoms with van der Waals surface area (Å²) in [6.07, 6.45) is 3.25. The van der Waals surface area contributed by atoms with Crippen molar-refractivity contribution in [1.82, 2.24) is 10.2 Å². The number of nitrogens with zero attached hydrogens (tertiary/aromatic N) is 2. The molecule has 0 aliphatic carbocycles. The number of carbonyl (C=O) groups excluding carboxylic acids is 1. The monoisotopic (exact) mass is 529 g/mol. The third kappa shape index (κ3) is 8.01. The molecule has 0 bridgehead atoms. The molecule has 2 aliphatic heterocycles. The van der Waals surface area contributed by atoms with E-state index in [0.717, 1.165) is 37.8 Å². The summed E-state index contributed by atoms with van der Waals surface area (Å²) in [5.41, 5.74) is 1.19. The summed E-state index contributed by atoms with van der Waals surface area (Å²) in [6, 6.07) is 14.1. The third-order valence-electron chi connectivity index (χ3n) is 6.42. The minimum atomic E-state index is -4.02. The van der Waals surface area contributed by atoms with Crippen molar-refractivity contribution in [1.29, 1.82) is 5.26 Å². The van der Waals surface area contributed by atoms with Gasteiger partial charge in [0.1, 0.15) is 11.8 Å². The molecule has 198 valence electrons. The van der Waals surface area contributed by atoms with E-state index in [0.29, 0.717) is 24.8 Å². The molecule has 2 heterocycles. The Balaban J connectivity index is 0.000000289. The smallest absolute Gasteiger partial charge is 0.335 e. The summed E-state index contributed by atoms with van der Waals surface area (Å²) in [4.78, 5) is 25.0. The first kappa shape index (κ1) is 28.1. The molecule has 2 aromatic rings.